The van der Waals surface area contributed by atoms with Crippen LogP contribution in [0.5, 0.6) is 0 Å². The van der Waals surface area contributed by atoms with Crippen LogP contribution in [0.4, 0.5) is 0 Å². The first-order valence-electron chi connectivity index (χ1n) is 4.94. The third-order valence-corrected chi connectivity index (χ3v) is 6.11. The molecule has 0 radical (unpaired) electrons. The second-order valence-electron chi connectivity index (χ2n) is 3.56. The number of rotatable bonds is 3. The predicted molar refractivity (Wildman–Crippen MR) is 80.1 cm³/mol. The lowest BCUT2D eigenvalue weighted by Gasteiger charge is -2.33. The molecule has 3 nitrogen and oxygen atoms in total. The summed E-state index contributed by atoms with van der Waals surface area (Å²) in [5.41, 5.74) is 6.74. The van der Waals surface area contributed by atoms with Crippen LogP contribution in [-0.2, 0) is 5.75 Å². The number of aliphatic imine (C=N–C) groups is 1. The Morgan fingerprint density at radius 3 is 2.65 bits per heavy atom. The molecule has 0 bridgehead atoms. The van der Waals surface area contributed by atoms with E-state index in [4.69, 9.17) is 29.6 Å². The average molecular weight is 286 g/mol. The van der Waals surface area contributed by atoms with Crippen LogP contribution in [0.1, 0.15) is 5.56 Å². The summed E-state index contributed by atoms with van der Waals surface area (Å²) in [7, 11) is -1.57. The van der Waals surface area contributed by atoms with Gasteiger partial charge in [-0.15, -0.1) is 0 Å². The van der Waals surface area contributed by atoms with Crippen molar-refractivity contribution in [2.45, 2.75) is 5.75 Å². The van der Waals surface area contributed by atoms with E-state index in [0.29, 0.717) is 4.50 Å². The molecule has 2 rings (SSSR count). The molecule has 6 heteroatoms. The SMILES string of the molecule is NC(=S)NS1(Cc2ccccc2)C=CN=C1Cl. The fraction of sp³-hybridized carbons (Fsp3) is 0.0909. The smallest absolute Gasteiger partial charge is 0.173 e. The summed E-state index contributed by atoms with van der Waals surface area (Å²) in [5, 5.41) is 2.21. The van der Waals surface area contributed by atoms with Crippen molar-refractivity contribution in [3.63, 3.8) is 0 Å². The van der Waals surface area contributed by atoms with Gasteiger partial charge in [-0.2, -0.15) is 0 Å². The largest absolute Gasteiger partial charge is 0.376 e. The molecule has 0 saturated carbocycles. The number of thiocarbonyl (C=S) groups is 1. The second kappa shape index (κ2) is 5.08. The number of halogens is 1. The van der Waals surface area contributed by atoms with Gasteiger partial charge in [0.15, 0.2) is 9.62 Å². The van der Waals surface area contributed by atoms with Crippen LogP contribution in [0.25, 0.3) is 0 Å². The Kier molecular flexibility index (Phi) is 3.71. The molecule has 1 atom stereocenters. The molecule has 0 aromatic heterocycles. The fourth-order valence-corrected chi connectivity index (χ4v) is 4.66. The topological polar surface area (TPSA) is 50.4 Å². The van der Waals surface area contributed by atoms with Gasteiger partial charge in [-0.05, 0) is 23.2 Å². The summed E-state index contributed by atoms with van der Waals surface area (Å²) in [4.78, 5) is 4.10. The summed E-state index contributed by atoms with van der Waals surface area (Å²) in [6, 6.07) is 10.1. The first kappa shape index (κ1) is 12.4. The number of nitrogens with zero attached hydrogens (tertiary/aromatic N) is 1. The zero-order chi connectivity index (χ0) is 12.3. The molecule has 1 aliphatic rings. The molecule has 3 N–H and O–H groups in total. The highest BCUT2D eigenvalue weighted by atomic mass is 35.5. The molecule has 1 aromatic carbocycles. The zero-order valence-corrected chi connectivity index (χ0v) is 11.4. The molecule has 1 unspecified atom stereocenters. The van der Waals surface area contributed by atoms with Crippen molar-refractivity contribution in [1.29, 1.82) is 0 Å². The van der Waals surface area contributed by atoms with Crippen molar-refractivity contribution >= 4 is 43.6 Å². The maximum Gasteiger partial charge on any atom is 0.173 e. The standard InChI is InChI=1S/C11H12ClN3S2/c12-10-14-6-7-17(10,15-11(13)16)8-9-4-2-1-3-5-9/h1-7H,8H2,(H3,13,15,16). The summed E-state index contributed by atoms with van der Waals surface area (Å²) in [5.74, 6) is 0.740. The van der Waals surface area contributed by atoms with Gasteiger partial charge >= 0.3 is 0 Å². The van der Waals surface area contributed by atoms with Crippen LogP contribution in [0.15, 0.2) is 46.9 Å². The van der Waals surface area contributed by atoms with Crippen LogP contribution >= 0.6 is 34.0 Å². The first-order valence-corrected chi connectivity index (χ1v) is 7.60. The van der Waals surface area contributed by atoms with Crippen molar-refractivity contribution in [3.05, 3.63) is 47.5 Å². The Bertz CT molecular complexity index is 487. The molecule has 1 heterocycles. The van der Waals surface area contributed by atoms with E-state index in [1.807, 2.05) is 35.7 Å². The van der Waals surface area contributed by atoms with Crippen molar-refractivity contribution in [3.8, 4) is 0 Å². The fourth-order valence-electron chi connectivity index (χ4n) is 1.58. The Hall–Kier alpha value is -1.04. The Labute approximate surface area is 112 Å². The van der Waals surface area contributed by atoms with Gasteiger partial charge in [0.2, 0.25) is 0 Å². The number of nitrogens with one attached hydrogen (secondary N) is 1. The molecule has 0 amide bonds. The van der Waals surface area contributed by atoms with E-state index in [0.717, 1.165) is 5.75 Å². The van der Waals surface area contributed by atoms with Gasteiger partial charge in [-0.25, -0.2) is 4.99 Å². The third kappa shape index (κ3) is 2.80. The van der Waals surface area contributed by atoms with Crippen molar-refractivity contribution in [1.82, 2.24) is 4.72 Å². The second-order valence-corrected chi connectivity index (χ2v) is 7.32. The van der Waals surface area contributed by atoms with E-state index in [-0.39, 0.29) is 5.11 Å². The van der Waals surface area contributed by atoms with E-state index in [2.05, 4.69) is 9.71 Å². The van der Waals surface area contributed by atoms with Crippen molar-refractivity contribution < 1.29 is 0 Å². The molecule has 1 aromatic rings. The first-order chi connectivity index (χ1) is 8.12. The third-order valence-electron chi connectivity index (χ3n) is 2.29. The van der Waals surface area contributed by atoms with Crippen molar-refractivity contribution in [2.75, 3.05) is 0 Å². The van der Waals surface area contributed by atoms with E-state index in [1.165, 1.54) is 5.56 Å². The predicted octanol–water partition coefficient (Wildman–Crippen LogP) is 2.82. The molecular weight excluding hydrogens is 274 g/mol. The number of hydrogen-bond donors (Lipinski definition) is 2. The summed E-state index contributed by atoms with van der Waals surface area (Å²) < 4.78 is 3.63. The van der Waals surface area contributed by atoms with Gasteiger partial charge in [0.05, 0.1) is 0 Å². The lowest BCUT2D eigenvalue weighted by molar-refractivity contribution is 1.36. The highest BCUT2D eigenvalue weighted by Crippen LogP contribution is 2.54. The summed E-state index contributed by atoms with van der Waals surface area (Å²) in [6.07, 6.45) is 1.70. The Morgan fingerprint density at radius 1 is 1.41 bits per heavy atom. The zero-order valence-electron chi connectivity index (χ0n) is 8.97. The van der Waals surface area contributed by atoms with Gasteiger partial charge in [-0.3, -0.25) is 0 Å². The quantitative estimate of drug-likeness (QED) is 0.840. The van der Waals surface area contributed by atoms with Gasteiger partial charge in [-0.1, -0.05) is 52.1 Å². The molecular formula is C11H12ClN3S2. The summed E-state index contributed by atoms with van der Waals surface area (Å²) >= 11 is 11.1. The number of benzene rings is 1. The minimum Gasteiger partial charge on any atom is -0.376 e. The average Bonchev–Trinajstić information content (AvgIpc) is 2.61. The molecule has 90 valence electrons. The maximum absolute atomic E-state index is 6.18. The van der Waals surface area contributed by atoms with Crippen LogP contribution in [-0.4, -0.2) is 9.62 Å². The minimum atomic E-state index is -1.57. The van der Waals surface area contributed by atoms with Crippen LogP contribution in [0, 0.1) is 0 Å². The molecule has 0 saturated heterocycles. The van der Waals surface area contributed by atoms with Crippen LogP contribution in [0.3, 0.4) is 0 Å². The van der Waals surface area contributed by atoms with E-state index in [9.17, 15) is 0 Å². The normalized spacial score (nSPS) is 26.1. The van der Waals surface area contributed by atoms with E-state index >= 15 is 0 Å². The van der Waals surface area contributed by atoms with Crippen LogP contribution in [0.2, 0.25) is 0 Å². The number of nitrogens with two attached hydrogens (primary N) is 1. The van der Waals surface area contributed by atoms with Crippen molar-refractivity contribution in [2.24, 2.45) is 10.7 Å². The monoisotopic (exact) mass is 285 g/mol. The maximum atomic E-state index is 6.18. The molecule has 0 fully saturated rings. The van der Waals surface area contributed by atoms with E-state index < -0.39 is 10.2 Å². The van der Waals surface area contributed by atoms with Gasteiger partial charge in [0.25, 0.3) is 0 Å². The lowest BCUT2D eigenvalue weighted by atomic mass is 10.2. The summed E-state index contributed by atoms with van der Waals surface area (Å²) in [6.45, 7) is 0. The van der Waals surface area contributed by atoms with E-state index in [1.54, 1.807) is 6.20 Å². The van der Waals surface area contributed by atoms with Gasteiger partial charge in [0, 0.05) is 12.0 Å². The highest BCUT2D eigenvalue weighted by Gasteiger charge is 2.30. The lowest BCUT2D eigenvalue weighted by Crippen LogP contribution is -2.33. The minimum absolute atomic E-state index is 0.246. The Balaban J connectivity index is 2.27. The van der Waals surface area contributed by atoms with Crippen LogP contribution < -0.4 is 10.5 Å². The van der Waals surface area contributed by atoms with Gasteiger partial charge in [0.1, 0.15) is 0 Å². The number of hydrogen-bond acceptors (Lipinski definition) is 2. The Morgan fingerprint density at radius 2 is 2.12 bits per heavy atom. The molecule has 0 aliphatic carbocycles. The van der Waals surface area contributed by atoms with Gasteiger partial charge < -0.3 is 10.5 Å². The molecule has 0 spiro atoms. The molecule has 17 heavy (non-hydrogen) atoms. The molecule has 1 aliphatic heterocycles. The highest BCUT2D eigenvalue weighted by molar-refractivity contribution is 8.48.